The van der Waals surface area contributed by atoms with E-state index in [0.717, 1.165) is 12.8 Å². The Morgan fingerprint density at radius 3 is 2.68 bits per heavy atom. The van der Waals surface area contributed by atoms with Crippen molar-refractivity contribution in [1.82, 2.24) is 14.7 Å². The van der Waals surface area contributed by atoms with E-state index in [1.165, 1.54) is 0 Å². The van der Waals surface area contributed by atoms with E-state index in [1.807, 2.05) is 0 Å². The van der Waals surface area contributed by atoms with E-state index in [-0.39, 0.29) is 18.2 Å². The predicted molar refractivity (Wildman–Crippen MR) is 77.6 cm³/mol. The number of aryl methyl sites for hydroxylation is 1. The van der Waals surface area contributed by atoms with Crippen molar-refractivity contribution in [2.75, 3.05) is 13.1 Å². The minimum absolute atomic E-state index is 0.0803. The molecule has 1 N–H and O–H groups in total. The smallest absolute Gasteiger partial charge is 0.333 e. The summed E-state index contributed by atoms with van der Waals surface area (Å²) in [5.74, 6) is -0.00551. The van der Waals surface area contributed by atoms with E-state index in [9.17, 15) is 18.7 Å². The van der Waals surface area contributed by atoms with Crippen LogP contribution in [0.4, 0.5) is 8.78 Å². The average Bonchev–Trinajstić information content (AvgIpc) is 2.75. The molecular formula is C15H23F2N3O2. The first-order chi connectivity index (χ1) is 10.3. The maximum absolute atomic E-state index is 12.8. The summed E-state index contributed by atoms with van der Waals surface area (Å²) in [6.45, 7) is 3.42. The molecule has 5 nitrogen and oxygen atoms in total. The zero-order valence-electron chi connectivity index (χ0n) is 13.2. The highest BCUT2D eigenvalue weighted by Crippen LogP contribution is 2.23. The van der Waals surface area contributed by atoms with E-state index in [2.05, 4.69) is 5.10 Å². The molecule has 2 rings (SSSR count). The molecule has 2 atom stereocenters. The van der Waals surface area contributed by atoms with E-state index in [4.69, 9.17) is 0 Å². The van der Waals surface area contributed by atoms with Gasteiger partial charge in [0, 0.05) is 30.3 Å². The van der Waals surface area contributed by atoms with Gasteiger partial charge in [-0.15, -0.1) is 0 Å². The Bertz CT molecular complexity index is 543. The van der Waals surface area contributed by atoms with Crippen molar-refractivity contribution in [3.05, 3.63) is 17.0 Å². The van der Waals surface area contributed by atoms with E-state index in [1.54, 1.807) is 25.7 Å². The molecule has 1 aliphatic rings. The lowest BCUT2D eigenvalue weighted by atomic mass is 9.93. The molecule has 1 amide bonds. The van der Waals surface area contributed by atoms with Crippen molar-refractivity contribution in [2.24, 2.45) is 5.92 Å². The highest BCUT2D eigenvalue weighted by Gasteiger charge is 2.28. The second-order valence-electron chi connectivity index (χ2n) is 6.03. The van der Waals surface area contributed by atoms with E-state index < -0.39 is 12.7 Å². The summed E-state index contributed by atoms with van der Waals surface area (Å²) in [7, 11) is 0. The first kappa shape index (κ1) is 16.9. The molecule has 0 aromatic carbocycles. The molecule has 7 heteroatoms. The van der Waals surface area contributed by atoms with Gasteiger partial charge in [0.1, 0.15) is 0 Å². The van der Waals surface area contributed by atoms with Crippen LogP contribution in [0.2, 0.25) is 0 Å². The van der Waals surface area contributed by atoms with Crippen LogP contribution in [-0.2, 0) is 11.2 Å². The Morgan fingerprint density at radius 2 is 2.14 bits per heavy atom. The van der Waals surface area contributed by atoms with Gasteiger partial charge in [-0.2, -0.15) is 13.9 Å². The highest BCUT2D eigenvalue weighted by molar-refractivity contribution is 5.79. The van der Waals surface area contributed by atoms with Crippen LogP contribution in [0.1, 0.15) is 43.3 Å². The number of amides is 1. The van der Waals surface area contributed by atoms with Gasteiger partial charge in [0.05, 0.1) is 18.2 Å². The summed E-state index contributed by atoms with van der Waals surface area (Å²) in [5.41, 5.74) is 1.38. The Morgan fingerprint density at radius 1 is 1.45 bits per heavy atom. The first-order valence-corrected chi connectivity index (χ1v) is 7.59. The summed E-state index contributed by atoms with van der Waals surface area (Å²) in [4.78, 5) is 14.2. The molecule has 1 aromatic rings. The molecule has 1 aromatic heterocycles. The lowest BCUT2D eigenvalue weighted by Crippen LogP contribution is -2.43. The van der Waals surface area contributed by atoms with Crippen molar-refractivity contribution in [3.8, 4) is 0 Å². The third kappa shape index (κ3) is 3.45. The summed E-state index contributed by atoms with van der Waals surface area (Å²) in [6.07, 6.45) is 1.40. The fraction of sp³-hybridized carbons (Fsp3) is 0.733. The molecule has 1 fully saturated rings. The molecule has 1 aliphatic heterocycles. The van der Waals surface area contributed by atoms with Gasteiger partial charge in [0.15, 0.2) is 0 Å². The molecule has 124 valence electrons. The Balaban J connectivity index is 2.09. The fourth-order valence-electron chi connectivity index (χ4n) is 3.04. The third-order valence-electron chi connectivity index (χ3n) is 4.48. The minimum atomic E-state index is -2.70. The summed E-state index contributed by atoms with van der Waals surface area (Å²) in [5, 5.41) is 13.5. The van der Waals surface area contributed by atoms with Crippen molar-refractivity contribution >= 4 is 5.91 Å². The van der Waals surface area contributed by atoms with Crippen LogP contribution in [0.15, 0.2) is 0 Å². The number of piperidine rings is 1. The average molecular weight is 315 g/mol. The topological polar surface area (TPSA) is 58.4 Å². The number of hydrogen-bond donors (Lipinski definition) is 1. The molecule has 0 bridgehead atoms. The van der Waals surface area contributed by atoms with Gasteiger partial charge in [-0.05, 0) is 33.6 Å². The fourth-order valence-corrected chi connectivity index (χ4v) is 3.04. The molecule has 0 aliphatic carbocycles. The predicted octanol–water partition coefficient (Wildman–Crippen LogP) is 2.06. The van der Waals surface area contributed by atoms with Crippen LogP contribution in [0.3, 0.4) is 0 Å². The zero-order chi connectivity index (χ0) is 16.4. The number of aromatic nitrogens is 2. The normalized spacial score (nSPS) is 20.5. The summed E-state index contributed by atoms with van der Waals surface area (Å²) in [6, 6.07) is 0. The maximum atomic E-state index is 12.8. The van der Waals surface area contributed by atoms with Crippen LogP contribution >= 0.6 is 0 Å². The quantitative estimate of drug-likeness (QED) is 0.925. The number of aliphatic hydroxyl groups excluding tert-OH is 1. The monoisotopic (exact) mass is 315 g/mol. The SMILES string of the molecule is Cc1nn(C(F)F)c(C)c1CC(=O)N1CCCC(C(C)O)C1. The van der Waals surface area contributed by atoms with Crippen molar-refractivity contribution < 1.29 is 18.7 Å². The molecule has 22 heavy (non-hydrogen) atoms. The Labute approximate surface area is 128 Å². The molecule has 2 heterocycles. The number of carbonyl (C=O) groups is 1. The molecule has 2 unspecified atom stereocenters. The number of aliphatic hydroxyl groups is 1. The van der Waals surface area contributed by atoms with Crippen molar-refractivity contribution in [3.63, 3.8) is 0 Å². The van der Waals surface area contributed by atoms with E-state index in [0.29, 0.717) is 34.7 Å². The van der Waals surface area contributed by atoms with Crippen LogP contribution in [0.25, 0.3) is 0 Å². The lowest BCUT2D eigenvalue weighted by molar-refractivity contribution is -0.133. The Hall–Kier alpha value is -1.50. The number of halogens is 2. The van der Waals surface area contributed by atoms with Gasteiger partial charge in [-0.3, -0.25) is 4.79 Å². The number of carbonyl (C=O) groups excluding carboxylic acids is 1. The number of rotatable bonds is 4. The van der Waals surface area contributed by atoms with Crippen LogP contribution in [0.5, 0.6) is 0 Å². The van der Waals surface area contributed by atoms with Crippen molar-refractivity contribution in [1.29, 1.82) is 0 Å². The standard InChI is InChI=1S/C15H23F2N3O2/c1-9-13(10(2)20(18-9)15(16)17)7-14(22)19-6-4-5-12(8-19)11(3)21/h11-12,15,21H,4-8H2,1-3H3. The van der Waals surface area contributed by atoms with Crippen LogP contribution in [0, 0.1) is 19.8 Å². The number of likely N-dealkylation sites (tertiary alicyclic amines) is 1. The van der Waals surface area contributed by atoms with Gasteiger partial charge in [-0.25, -0.2) is 4.68 Å². The molecule has 0 saturated carbocycles. The molecular weight excluding hydrogens is 292 g/mol. The maximum Gasteiger partial charge on any atom is 0.333 e. The second kappa shape index (κ2) is 6.73. The van der Waals surface area contributed by atoms with Gasteiger partial charge in [0.2, 0.25) is 5.91 Å². The summed E-state index contributed by atoms with van der Waals surface area (Å²) >= 11 is 0. The highest BCUT2D eigenvalue weighted by atomic mass is 19.3. The molecule has 0 radical (unpaired) electrons. The van der Waals surface area contributed by atoms with Crippen LogP contribution in [-0.4, -0.2) is 44.9 Å². The summed E-state index contributed by atoms with van der Waals surface area (Å²) < 4.78 is 26.3. The zero-order valence-corrected chi connectivity index (χ0v) is 13.2. The minimum Gasteiger partial charge on any atom is -0.393 e. The lowest BCUT2D eigenvalue weighted by Gasteiger charge is -2.34. The number of hydrogen-bond acceptors (Lipinski definition) is 3. The van der Waals surface area contributed by atoms with Crippen molar-refractivity contribution in [2.45, 2.75) is 52.7 Å². The van der Waals surface area contributed by atoms with Crippen LogP contribution < -0.4 is 0 Å². The van der Waals surface area contributed by atoms with Gasteiger partial charge < -0.3 is 10.0 Å². The largest absolute Gasteiger partial charge is 0.393 e. The third-order valence-corrected chi connectivity index (χ3v) is 4.48. The van der Waals surface area contributed by atoms with Gasteiger partial charge >= 0.3 is 6.55 Å². The first-order valence-electron chi connectivity index (χ1n) is 7.59. The van der Waals surface area contributed by atoms with E-state index >= 15 is 0 Å². The number of nitrogens with zero attached hydrogens (tertiary/aromatic N) is 3. The Kier molecular flexibility index (Phi) is 5.16. The van der Waals surface area contributed by atoms with Gasteiger partial charge in [0.25, 0.3) is 0 Å². The second-order valence-corrected chi connectivity index (χ2v) is 6.03. The molecule has 0 spiro atoms. The number of alkyl halides is 2. The van der Waals surface area contributed by atoms with Gasteiger partial charge in [-0.1, -0.05) is 0 Å². The molecule has 1 saturated heterocycles.